The van der Waals surface area contributed by atoms with Crippen molar-refractivity contribution < 1.29 is 28.1 Å². The molecule has 1 amide bonds. The van der Waals surface area contributed by atoms with Crippen molar-refractivity contribution in [2.75, 3.05) is 26.3 Å². The van der Waals surface area contributed by atoms with Gasteiger partial charge in [-0.3, -0.25) is 4.79 Å². The molecule has 3 heterocycles. The summed E-state index contributed by atoms with van der Waals surface area (Å²) in [6.45, 7) is 0.0666. The van der Waals surface area contributed by atoms with Crippen LogP contribution in [0.4, 0.5) is 10.1 Å². The first-order chi connectivity index (χ1) is 14.6. The van der Waals surface area contributed by atoms with E-state index in [9.17, 15) is 9.18 Å². The second-order valence-corrected chi connectivity index (χ2v) is 7.65. The Labute approximate surface area is 175 Å². The lowest BCUT2D eigenvalue weighted by atomic mass is 9.88. The highest BCUT2D eigenvalue weighted by Gasteiger charge is 2.37. The van der Waals surface area contributed by atoms with E-state index in [4.69, 9.17) is 18.9 Å². The number of nitrogens with one attached hydrogen (secondary N) is 1. The van der Waals surface area contributed by atoms with E-state index < -0.39 is 0 Å². The molecule has 0 saturated carbocycles. The van der Waals surface area contributed by atoms with Crippen LogP contribution in [0.3, 0.4) is 0 Å². The third-order valence-corrected chi connectivity index (χ3v) is 6.16. The minimum Gasteiger partial charge on any atom is -0.493 e. The molecule has 0 bridgehead atoms. The number of fused-ring (bicyclic) bond motifs is 2. The molecule has 5 rings (SSSR count). The molecular weight excluding hydrogens is 411 g/mol. The monoisotopic (exact) mass is 428 g/mol. The maximum absolute atomic E-state index is 13.3. The third kappa shape index (κ3) is 2.85. The summed E-state index contributed by atoms with van der Waals surface area (Å²) in [5.74, 6) is 1.17. The number of nitrogens with zero attached hydrogens (tertiary/aromatic N) is 1. The predicted octanol–water partition coefficient (Wildman–Crippen LogP) is 4.17. The Morgan fingerprint density at radius 2 is 1.93 bits per heavy atom. The van der Waals surface area contributed by atoms with Crippen molar-refractivity contribution in [2.24, 2.45) is 0 Å². The summed E-state index contributed by atoms with van der Waals surface area (Å²) in [5.41, 5.74) is 2.72. The number of ether oxygens (including phenoxy) is 4. The second-order valence-electron chi connectivity index (χ2n) is 6.85. The Balaban J connectivity index is 1.66. The summed E-state index contributed by atoms with van der Waals surface area (Å²) in [6.07, 6.45) is 0.219. The molecule has 2 aliphatic rings. The van der Waals surface area contributed by atoms with Crippen molar-refractivity contribution in [3.8, 4) is 34.3 Å². The van der Waals surface area contributed by atoms with Crippen LogP contribution in [0.2, 0.25) is 0 Å². The highest BCUT2D eigenvalue weighted by Crippen LogP contribution is 2.55. The van der Waals surface area contributed by atoms with Crippen molar-refractivity contribution in [2.45, 2.75) is 12.3 Å². The molecule has 1 aromatic heterocycles. The van der Waals surface area contributed by atoms with Crippen LogP contribution in [0.1, 0.15) is 22.8 Å². The van der Waals surface area contributed by atoms with E-state index in [1.807, 2.05) is 6.07 Å². The first kappa shape index (κ1) is 18.7. The summed E-state index contributed by atoms with van der Waals surface area (Å²) in [4.78, 5) is 13.5. The number of carbonyl (C=O) groups excluding carboxylic acids is 1. The van der Waals surface area contributed by atoms with E-state index in [-0.39, 0.29) is 30.9 Å². The van der Waals surface area contributed by atoms with Crippen LogP contribution in [0.5, 0.6) is 23.0 Å². The summed E-state index contributed by atoms with van der Waals surface area (Å²) < 4.78 is 40.2. The van der Waals surface area contributed by atoms with Gasteiger partial charge in [-0.2, -0.15) is 4.37 Å². The normalized spacial score (nSPS) is 16.8. The van der Waals surface area contributed by atoms with Crippen molar-refractivity contribution >= 4 is 23.1 Å². The first-order valence-corrected chi connectivity index (χ1v) is 9.98. The van der Waals surface area contributed by atoms with Crippen LogP contribution >= 0.6 is 11.5 Å². The van der Waals surface area contributed by atoms with Gasteiger partial charge in [0.05, 0.1) is 24.8 Å². The predicted molar refractivity (Wildman–Crippen MR) is 108 cm³/mol. The quantitative estimate of drug-likeness (QED) is 0.672. The number of anilines is 1. The number of amides is 1. The Morgan fingerprint density at radius 1 is 1.17 bits per heavy atom. The summed E-state index contributed by atoms with van der Waals surface area (Å²) in [5, 5.41) is 2.93. The molecule has 0 radical (unpaired) electrons. The molecule has 0 fully saturated rings. The van der Waals surface area contributed by atoms with Crippen molar-refractivity contribution in [3.05, 3.63) is 46.6 Å². The van der Waals surface area contributed by atoms with Crippen LogP contribution in [0.15, 0.2) is 30.3 Å². The lowest BCUT2D eigenvalue weighted by Gasteiger charge is -2.25. The van der Waals surface area contributed by atoms with Gasteiger partial charge in [-0.05, 0) is 41.9 Å². The average molecular weight is 428 g/mol. The zero-order valence-electron chi connectivity index (χ0n) is 16.2. The van der Waals surface area contributed by atoms with Crippen LogP contribution in [0.25, 0.3) is 11.3 Å². The fraction of sp³-hybridized carbons (Fsp3) is 0.238. The maximum Gasteiger partial charge on any atom is 0.231 e. The number of benzene rings is 2. The molecule has 3 aromatic rings. The third-order valence-electron chi connectivity index (χ3n) is 5.20. The molecule has 30 heavy (non-hydrogen) atoms. The van der Waals surface area contributed by atoms with Gasteiger partial charge in [0, 0.05) is 23.5 Å². The summed E-state index contributed by atoms with van der Waals surface area (Å²) in [6, 6.07) is 7.84. The maximum atomic E-state index is 13.3. The summed E-state index contributed by atoms with van der Waals surface area (Å²) in [7, 11) is 3.10. The van der Waals surface area contributed by atoms with Crippen molar-refractivity contribution in [3.63, 3.8) is 0 Å². The second kappa shape index (κ2) is 7.17. The van der Waals surface area contributed by atoms with Crippen LogP contribution in [-0.2, 0) is 4.79 Å². The topological polar surface area (TPSA) is 78.9 Å². The lowest BCUT2D eigenvalue weighted by Crippen LogP contribution is -2.23. The number of aromatic nitrogens is 1. The molecule has 1 atom stereocenters. The fourth-order valence-corrected chi connectivity index (χ4v) is 4.80. The number of carbonyl (C=O) groups is 1. The van der Waals surface area contributed by atoms with E-state index in [0.717, 1.165) is 16.0 Å². The standard InChI is InChI=1S/C21H17FN2O5S/c1-26-14-7-12(18(27-2)20-19(14)28-9-29-20)13-8-15(25)23-17-16(24-30-21(13)17)10-3-5-11(22)6-4-10/h3-7,13H,8-9H2,1-2H3,(H,23,25). The SMILES string of the molecule is COc1cc(C2CC(=O)Nc3c(-c4ccc(F)cc4)nsc32)c(OC)c2c1OCO2. The zero-order valence-corrected chi connectivity index (χ0v) is 17.0. The minimum absolute atomic E-state index is 0.0666. The van der Waals surface area contributed by atoms with Crippen LogP contribution < -0.4 is 24.3 Å². The molecule has 2 aromatic carbocycles. The fourth-order valence-electron chi connectivity index (χ4n) is 3.84. The Bertz CT molecular complexity index is 1150. The number of methoxy groups -OCH3 is 2. The smallest absolute Gasteiger partial charge is 0.231 e. The largest absolute Gasteiger partial charge is 0.493 e. The molecule has 0 saturated heterocycles. The number of hydrogen-bond donors (Lipinski definition) is 1. The lowest BCUT2D eigenvalue weighted by molar-refractivity contribution is -0.116. The molecule has 2 aliphatic heterocycles. The molecule has 154 valence electrons. The number of halogens is 1. The molecular formula is C21H17FN2O5S. The molecule has 0 aliphatic carbocycles. The minimum atomic E-state index is -0.332. The van der Waals surface area contributed by atoms with Gasteiger partial charge in [-0.15, -0.1) is 0 Å². The van der Waals surface area contributed by atoms with Crippen molar-refractivity contribution in [1.82, 2.24) is 4.37 Å². The number of rotatable bonds is 4. The van der Waals surface area contributed by atoms with Gasteiger partial charge in [0.15, 0.2) is 11.5 Å². The van der Waals surface area contributed by atoms with Crippen LogP contribution in [0, 0.1) is 5.82 Å². The van der Waals surface area contributed by atoms with Gasteiger partial charge in [0.1, 0.15) is 11.5 Å². The molecule has 9 heteroatoms. The van der Waals surface area contributed by atoms with Gasteiger partial charge in [0.25, 0.3) is 0 Å². The van der Waals surface area contributed by atoms with E-state index in [2.05, 4.69) is 9.69 Å². The van der Waals surface area contributed by atoms with Crippen LogP contribution in [-0.4, -0.2) is 31.3 Å². The van der Waals surface area contributed by atoms with Gasteiger partial charge in [-0.1, -0.05) is 0 Å². The van der Waals surface area contributed by atoms with Gasteiger partial charge in [-0.25, -0.2) is 4.39 Å². The van der Waals surface area contributed by atoms with E-state index >= 15 is 0 Å². The molecule has 1 unspecified atom stereocenters. The zero-order chi connectivity index (χ0) is 20.8. The van der Waals surface area contributed by atoms with E-state index in [0.29, 0.717) is 34.4 Å². The van der Waals surface area contributed by atoms with Gasteiger partial charge >= 0.3 is 0 Å². The highest BCUT2D eigenvalue weighted by atomic mass is 32.1. The molecule has 7 nitrogen and oxygen atoms in total. The molecule has 1 N–H and O–H groups in total. The van der Waals surface area contributed by atoms with Gasteiger partial charge in [0.2, 0.25) is 24.2 Å². The van der Waals surface area contributed by atoms with E-state index in [1.165, 1.54) is 23.7 Å². The average Bonchev–Trinajstić information content (AvgIpc) is 3.40. The summed E-state index contributed by atoms with van der Waals surface area (Å²) >= 11 is 1.30. The molecule has 0 spiro atoms. The Morgan fingerprint density at radius 3 is 2.67 bits per heavy atom. The Hall–Kier alpha value is -3.33. The Kier molecular flexibility index (Phi) is 4.47. The van der Waals surface area contributed by atoms with Crippen molar-refractivity contribution in [1.29, 1.82) is 0 Å². The van der Waals surface area contributed by atoms with E-state index in [1.54, 1.807) is 26.4 Å². The number of hydrogen-bond acceptors (Lipinski definition) is 7. The van der Waals surface area contributed by atoms with Gasteiger partial charge < -0.3 is 24.3 Å². The highest BCUT2D eigenvalue weighted by molar-refractivity contribution is 7.07. The first-order valence-electron chi connectivity index (χ1n) is 9.20.